The molecule has 0 saturated carbocycles. The van der Waals surface area contributed by atoms with Crippen molar-refractivity contribution in [2.24, 2.45) is 11.1 Å². The van der Waals surface area contributed by atoms with Crippen LogP contribution in [0.25, 0.3) is 0 Å². The Bertz CT molecular complexity index is 234. The van der Waals surface area contributed by atoms with E-state index in [0.717, 1.165) is 32.5 Å². The summed E-state index contributed by atoms with van der Waals surface area (Å²) in [5.74, 6) is -0.133. The van der Waals surface area contributed by atoms with Crippen LogP contribution < -0.4 is 5.73 Å². The van der Waals surface area contributed by atoms with Gasteiger partial charge in [0.1, 0.15) is 0 Å². The molecule has 0 aromatic rings. The van der Waals surface area contributed by atoms with Gasteiger partial charge in [0.15, 0.2) is 0 Å². The average Bonchev–Trinajstić information content (AvgIpc) is 2.60. The largest absolute Gasteiger partial charge is 0.469 e. The predicted octanol–water partition coefficient (Wildman–Crippen LogP) is 1.03. The van der Waals surface area contributed by atoms with Gasteiger partial charge in [0.25, 0.3) is 0 Å². The Kier molecular flexibility index (Phi) is 6.30. The third-order valence-electron chi connectivity index (χ3n) is 3.10. The molecule has 1 rings (SSSR count). The van der Waals surface area contributed by atoms with Gasteiger partial charge in [-0.2, -0.15) is 0 Å². The standard InChI is InChI=1S/C11H22N2O2.ClH/c1-11(2,10(14)15-3)5-7-13-6-4-9(12)8-13;/h9H,4-8,12H2,1-3H3;1H/t9-;/m0./s1. The van der Waals surface area contributed by atoms with Crippen LogP contribution in [0.5, 0.6) is 0 Å². The molecule has 1 aliphatic heterocycles. The molecule has 4 nitrogen and oxygen atoms in total. The molecule has 5 heteroatoms. The van der Waals surface area contributed by atoms with Crippen LogP contribution in [0.3, 0.4) is 0 Å². The molecular formula is C11H23ClN2O2. The second kappa shape index (κ2) is 6.42. The van der Waals surface area contributed by atoms with Crippen LogP contribution in [0.15, 0.2) is 0 Å². The number of rotatable bonds is 4. The number of hydrogen-bond acceptors (Lipinski definition) is 4. The first-order valence-electron chi connectivity index (χ1n) is 5.52. The summed E-state index contributed by atoms with van der Waals surface area (Å²) in [6.45, 7) is 6.79. The van der Waals surface area contributed by atoms with Crippen molar-refractivity contribution in [3.63, 3.8) is 0 Å². The van der Waals surface area contributed by atoms with Gasteiger partial charge in [0.2, 0.25) is 0 Å². The summed E-state index contributed by atoms with van der Waals surface area (Å²) >= 11 is 0. The number of carbonyl (C=O) groups excluding carboxylic acids is 1. The van der Waals surface area contributed by atoms with Crippen molar-refractivity contribution in [3.8, 4) is 0 Å². The van der Waals surface area contributed by atoms with E-state index in [9.17, 15) is 4.79 Å². The quantitative estimate of drug-likeness (QED) is 0.758. The van der Waals surface area contributed by atoms with Gasteiger partial charge in [-0.05, 0) is 39.8 Å². The SMILES string of the molecule is COC(=O)C(C)(C)CCN1CC[C@H](N)C1.Cl. The molecule has 96 valence electrons. The molecule has 0 bridgehead atoms. The average molecular weight is 251 g/mol. The number of nitrogens with zero attached hydrogens (tertiary/aromatic N) is 1. The number of ether oxygens (including phenoxy) is 1. The van der Waals surface area contributed by atoms with E-state index in [1.807, 2.05) is 13.8 Å². The fourth-order valence-corrected chi connectivity index (χ4v) is 1.88. The van der Waals surface area contributed by atoms with Crippen molar-refractivity contribution in [2.75, 3.05) is 26.7 Å². The Morgan fingerprint density at radius 3 is 2.62 bits per heavy atom. The van der Waals surface area contributed by atoms with Gasteiger partial charge in [-0.25, -0.2) is 0 Å². The van der Waals surface area contributed by atoms with E-state index in [1.54, 1.807) is 0 Å². The molecule has 16 heavy (non-hydrogen) atoms. The highest BCUT2D eigenvalue weighted by Gasteiger charge is 2.30. The molecule has 1 heterocycles. The van der Waals surface area contributed by atoms with Crippen LogP contribution in [-0.2, 0) is 9.53 Å². The lowest BCUT2D eigenvalue weighted by Crippen LogP contribution is -2.33. The van der Waals surface area contributed by atoms with Gasteiger partial charge < -0.3 is 15.4 Å². The van der Waals surface area contributed by atoms with Crippen LogP contribution in [0.2, 0.25) is 0 Å². The Balaban J connectivity index is 0.00000225. The molecule has 0 spiro atoms. The Morgan fingerprint density at radius 1 is 1.56 bits per heavy atom. The van der Waals surface area contributed by atoms with Crippen molar-refractivity contribution in [1.82, 2.24) is 4.90 Å². The molecule has 0 unspecified atom stereocenters. The molecule has 0 aromatic carbocycles. The van der Waals surface area contributed by atoms with Crippen molar-refractivity contribution in [2.45, 2.75) is 32.7 Å². The number of esters is 1. The van der Waals surface area contributed by atoms with Crippen LogP contribution in [0.4, 0.5) is 0 Å². The first-order chi connectivity index (χ1) is 6.95. The van der Waals surface area contributed by atoms with Crippen molar-refractivity contribution in [1.29, 1.82) is 0 Å². The zero-order valence-electron chi connectivity index (χ0n) is 10.4. The number of hydrogen-bond donors (Lipinski definition) is 1. The Hall–Kier alpha value is -0.320. The molecule has 1 aliphatic rings. The van der Waals surface area contributed by atoms with E-state index >= 15 is 0 Å². The van der Waals surface area contributed by atoms with E-state index in [4.69, 9.17) is 10.5 Å². The topological polar surface area (TPSA) is 55.6 Å². The van der Waals surface area contributed by atoms with Crippen LogP contribution >= 0.6 is 12.4 Å². The van der Waals surface area contributed by atoms with Gasteiger partial charge in [0.05, 0.1) is 12.5 Å². The highest BCUT2D eigenvalue weighted by Crippen LogP contribution is 2.23. The smallest absolute Gasteiger partial charge is 0.311 e. The molecule has 1 atom stereocenters. The van der Waals surface area contributed by atoms with E-state index in [-0.39, 0.29) is 23.8 Å². The zero-order valence-corrected chi connectivity index (χ0v) is 11.2. The maximum atomic E-state index is 11.4. The monoisotopic (exact) mass is 250 g/mol. The second-order valence-electron chi connectivity index (χ2n) is 4.97. The summed E-state index contributed by atoms with van der Waals surface area (Å²) in [4.78, 5) is 13.8. The van der Waals surface area contributed by atoms with E-state index in [2.05, 4.69) is 4.90 Å². The molecule has 0 amide bonds. The third kappa shape index (κ3) is 4.28. The number of methoxy groups -OCH3 is 1. The predicted molar refractivity (Wildman–Crippen MR) is 66.7 cm³/mol. The summed E-state index contributed by atoms with van der Waals surface area (Å²) in [6.07, 6.45) is 1.89. The lowest BCUT2D eigenvalue weighted by Gasteiger charge is -2.24. The third-order valence-corrected chi connectivity index (χ3v) is 3.10. The Morgan fingerprint density at radius 2 is 2.19 bits per heavy atom. The lowest BCUT2D eigenvalue weighted by molar-refractivity contribution is -0.151. The van der Waals surface area contributed by atoms with Gasteiger partial charge in [0, 0.05) is 12.6 Å². The van der Waals surface area contributed by atoms with Gasteiger partial charge in [-0.1, -0.05) is 0 Å². The molecular weight excluding hydrogens is 228 g/mol. The van der Waals surface area contributed by atoms with Crippen molar-refractivity contribution in [3.05, 3.63) is 0 Å². The van der Waals surface area contributed by atoms with Gasteiger partial charge >= 0.3 is 5.97 Å². The fourth-order valence-electron chi connectivity index (χ4n) is 1.88. The molecule has 0 radical (unpaired) electrons. The number of likely N-dealkylation sites (tertiary alicyclic amines) is 1. The minimum absolute atomic E-state index is 0. The molecule has 0 aliphatic carbocycles. The summed E-state index contributed by atoms with van der Waals surface area (Å²) in [7, 11) is 1.44. The first-order valence-corrected chi connectivity index (χ1v) is 5.52. The number of carbonyl (C=O) groups is 1. The highest BCUT2D eigenvalue weighted by molar-refractivity contribution is 5.85. The summed E-state index contributed by atoms with van der Waals surface area (Å²) in [6, 6.07) is 0.311. The van der Waals surface area contributed by atoms with E-state index in [1.165, 1.54) is 7.11 Å². The van der Waals surface area contributed by atoms with Gasteiger partial charge in [-0.15, -0.1) is 12.4 Å². The fraction of sp³-hybridized carbons (Fsp3) is 0.909. The second-order valence-corrected chi connectivity index (χ2v) is 4.97. The van der Waals surface area contributed by atoms with Gasteiger partial charge in [-0.3, -0.25) is 4.79 Å². The zero-order chi connectivity index (χ0) is 11.5. The first kappa shape index (κ1) is 15.7. The van der Waals surface area contributed by atoms with Crippen molar-refractivity contribution < 1.29 is 9.53 Å². The summed E-state index contributed by atoms with van der Waals surface area (Å²) < 4.78 is 4.77. The molecule has 2 N–H and O–H groups in total. The minimum atomic E-state index is -0.387. The summed E-state index contributed by atoms with van der Waals surface area (Å²) in [5, 5.41) is 0. The molecule has 1 saturated heterocycles. The minimum Gasteiger partial charge on any atom is -0.469 e. The highest BCUT2D eigenvalue weighted by atomic mass is 35.5. The molecule has 0 aromatic heterocycles. The normalized spacial score (nSPS) is 21.6. The van der Waals surface area contributed by atoms with Crippen LogP contribution in [0, 0.1) is 5.41 Å². The van der Waals surface area contributed by atoms with Crippen LogP contribution in [-0.4, -0.2) is 43.7 Å². The van der Waals surface area contributed by atoms with E-state index < -0.39 is 0 Å². The van der Waals surface area contributed by atoms with E-state index in [0.29, 0.717) is 6.04 Å². The maximum Gasteiger partial charge on any atom is 0.311 e. The maximum absolute atomic E-state index is 11.4. The number of halogens is 1. The summed E-state index contributed by atoms with van der Waals surface area (Å²) in [5.41, 5.74) is 5.43. The number of nitrogens with two attached hydrogens (primary N) is 1. The Labute approximate surface area is 104 Å². The molecule has 1 fully saturated rings. The lowest BCUT2D eigenvalue weighted by atomic mass is 9.89. The van der Waals surface area contributed by atoms with Crippen molar-refractivity contribution >= 4 is 18.4 Å². The van der Waals surface area contributed by atoms with Crippen LogP contribution in [0.1, 0.15) is 26.7 Å².